The van der Waals surface area contributed by atoms with Crippen molar-refractivity contribution in [1.29, 1.82) is 0 Å². The number of anilines is 1. The molecule has 4 rings (SSSR count). The van der Waals surface area contributed by atoms with Crippen molar-refractivity contribution in [2.45, 2.75) is 32.1 Å². The van der Waals surface area contributed by atoms with Crippen LogP contribution in [-0.2, 0) is 19.3 Å². The molecular formula is C19H19N3O2. The van der Waals surface area contributed by atoms with Gasteiger partial charge in [-0.05, 0) is 37.8 Å². The first-order chi connectivity index (χ1) is 11.6. The third-order valence-corrected chi connectivity index (χ3v) is 4.69. The van der Waals surface area contributed by atoms with E-state index in [2.05, 4.69) is 23.2 Å². The maximum Gasteiger partial charge on any atom is 0.161 e. The van der Waals surface area contributed by atoms with Crippen LogP contribution >= 0.6 is 0 Å². The van der Waals surface area contributed by atoms with Gasteiger partial charge in [-0.1, -0.05) is 23.8 Å². The van der Waals surface area contributed by atoms with Crippen molar-refractivity contribution < 1.29 is 10.2 Å². The molecule has 0 unspecified atom stereocenters. The number of aromatic nitrogens is 2. The minimum Gasteiger partial charge on any atom is -0.504 e. The summed E-state index contributed by atoms with van der Waals surface area (Å²) in [6.45, 7) is 0. The Morgan fingerprint density at radius 3 is 2.75 bits per heavy atom. The van der Waals surface area contributed by atoms with Crippen LogP contribution in [0.1, 0.15) is 29.8 Å². The smallest absolute Gasteiger partial charge is 0.161 e. The second-order valence-electron chi connectivity index (χ2n) is 6.28. The lowest BCUT2D eigenvalue weighted by Crippen LogP contribution is -2.13. The first-order valence-corrected chi connectivity index (χ1v) is 8.17. The summed E-state index contributed by atoms with van der Waals surface area (Å²) in [5.41, 5.74) is 11.4. The first-order valence-electron chi connectivity index (χ1n) is 8.17. The summed E-state index contributed by atoms with van der Waals surface area (Å²) in [6.07, 6.45) is 10.3. The van der Waals surface area contributed by atoms with Crippen molar-refractivity contribution >= 4 is 5.82 Å². The van der Waals surface area contributed by atoms with Crippen molar-refractivity contribution in [3.8, 4) is 22.8 Å². The Bertz CT molecular complexity index is 885. The van der Waals surface area contributed by atoms with E-state index in [4.69, 9.17) is 10.7 Å². The number of aryl methyl sites for hydroxylation is 1. The molecule has 2 aromatic rings. The van der Waals surface area contributed by atoms with Crippen LogP contribution in [0.4, 0.5) is 5.82 Å². The van der Waals surface area contributed by atoms with Gasteiger partial charge in [0.2, 0.25) is 0 Å². The van der Waals surface area contributed by atoms with Crippen molar-refractivity contribution in [2.75, 3.05) is 5.73 Å². The molecule has 0 aliphatic heterocycles. The van der Waals surface area contributed by atoms with E-state index in [0.717, 1.165) is 41.1 Å². The molecule has 0 atom stereocenters. The van der Waals surface area contributed by atoms with Gasteiger partial charge in [0.1, 0.15) is 5.82 Å². The molecule has 5 nitrogen and oxygen atoms in total. The number of nitrogen functional groups attached to an aromatic ring is 1. The summed E-state index contributed by atoms with van der Waals surface area (Å²) >= 11 is 0. The number of benzene rings is 1. The number of phenols is 2. The van der Waals surface area contributed by atoms with Gasteiger partial charge in [-0.15, -0.1) is 0 Å². The highest BCUT2D eigenvalue weighted by molar-refractivity contribution is 5.74. The highest BCUT2D eigenvalue weighted by Crippen LogP contribution is 2.41. The van der Waals surface area contributed by atoms with Gasteiger partial charge in [0.05, 0.1) is 17.1 Å². The first kappa shape index (κ1) is 14.8. The van der Waals surface area contributed by atoms with E-state index in [1.807, 2.05) is 0 Å². The van der Waals surface area contributed by atoms with Gasteiger partial charge in [0, 0.05) is 17.5 Å². The summed E-state index contributed by atoms with van der Waals surface area (Å²) < 4.78 is 0. The number of hydrogen-bond donors (Lipinski definition) is 3. The highest BCUT2D eigenvalue weighted by Gasteiger charge is 2.24. The quantitative estimate of drug-likeness (QED) is 0.739. The molecule has 0 bridgehead atoms. The fraction of sp³-hybridized carbons (Fsp3) is 0.263. The molecule has 2 aliphatic rings. The summed E-state index contributed by atoms with van der Waals surface area (Å²) in [5.74, 6) is 0.328. The lowest BCUT2D eigenvalue weighted by atomic mass is 9.90. The van der Waals surface area contributed by atoms with Crippen LogP contribution < -0.4 is 5.73 Å². The van der Waals surface area contributed by atoms with E-state index in [1.165, 1.54) is 11.6 Å². The van der Waals surface area contributed by atoms with Gasteiger partial charge in [0.25, 0.3) is 0 Å². The molecule has 2 aliphatic carbocycles. The van der Waals surface area contributed by atoms with Crippen LogP contribution in [-0.4, -0.2) is 20.2 Å². The van der Waals surface area contributed by atoms with Gasteiger partial charge in [-0.2, -0.15) is 0 Å². The standard InChI is InChI=1S/C19H19N3O2/c20-19-15(10-11-4-2-1-3-5-11)21-17-12-7-9-16(23)18(24)13(12)6-8-14(17)22-19/h1-2,4,7,9,23-24H,3,5-6,8,10H2,(H2,20,22). The fourth-order valence-electron chi connectivity index (χ4n) is 3.40. The fourth-order valence-corrected chi connectivity index (χ4v) is 3.40. The van der Waals surface area contributed by atoms with E-state index in [9.17, 15) is 10.2 Å². The predicted molar refractivity (Wildman–Crippen MR) is 92.8 cm³/mol. The molecule has 0 saturated carbocycles. The second-order valence-corrected chi connectivity index (χ2v) is 6.28. The maximum absolute atomic E-state index is 10.1. The zero-order chi connectivity index (χ0) is 16.7. The average Bonchev–Trinajstić information content (AvgIpc) is 2.59. The van der Waals surface area contributed by atoms with Crippen LogP contribution in [0, 0.1) is 0 Å². The Morgan fingerprint density at radius 2 is 1.96 bits per heavy atom. The Balaban J connectivity index is 1.79. The SMILES string of the molecule is Nc1nc2c(nc1CC1=CC=CCC1)-c1ccc(O)c(O)c1CC2. The molecule has 122 valence electrons. The second kappa shape index (κ2) is 5.67. The molecule has 0 saturated heterocycles. The number of nitrogens with zero attached hydrogens (tertiary/aromatic N) is 2. The number of aromatic hydroxyl groups is 2. The summed E-state index contributed by atoms with van der Waals surface area (Å²) in [7, 11) is 0. The van der Waals surface area contributed by atoms with E-state index >= 15 is 0 Å². The monoisotopic (exact) mass is 321 g/mol. The third kappa shape index (κ3) is 2.42. The average molecular weight is 321 g/mol. The van der Waals surface area contributed by atoms with Crippen LogP contribution in [0.2, 0.25) is 0 Å². The topological polar surface area (TPSA) is 92.3 Å². The Hall–Kier alpha value is -2.82. The zero-order valence-corrected chi connectivity index (χ0v) is 13.3. The highest BCUT2D eigenvalue weighted by atomic mass is 16.3. The van der Waals surface area contributed by atoms with E-state index in [-0.39, 0.29) is 11.5 Å². The number of allylic oxidation sites excluding steroid dienone is 4. The summed E-state index contributed by atoms with van der Waals surface area (Å²) in [4.78, 5) is 9.33. The summed E-state index contributed by atoms with van der Waals surface area (Å²) in [5, 5.41) is 19.8. The molecule has 1 heterocycles. The molecular weight excluding hydrogens is 302 g/mol. The minimum absolute atomic E-state index is 0.0570. The van der Waals surface area contributed by atoms with E-state index < -0.39 is 0 Å². The molecule has 1 aromatic carbocycles. The number of nitrogens with two attached hydrogens (primary N) is 1. The van der Waals surface area contributed by atoms with Crippen molar-refractivity contribution in [1.82, 2.24) is 9.97 Å². The number of phenolic OH excluding ortho intramolecular Hbond substituents is 2. The summed E-state index contributed by atoms with van der Waals surface area (Å²) in [6, 6.07) is 3.29. The lowest BCUT2D eigenvalue weighted by Gasteiger charge is -2.21. The van der Waals surface area contributed by atoms with Crippen LogP contribution in [0.15, 0.2) is 35.9 Å². The molecule has 1 aromatic heterocycles. The van der Waals surface area contributed by atoms with Crippen LogP contribution in [0.3, 0.4) is 0 Å². The largest absolute Gasteiger partial charge is 0.504 e. The lowest BCUT2D eigenvalue weighted by molar-refractivity contribution is 0.399. The van der Waals surface area contributed by atoms with Gasteiger partial charge in [0.15, 0.2) is 11.5 Å². The van der Waals surface area contributed by atoms with Crippen molar-refractivity contribution in [2.24, 2.45) is 0 Å². The van der Waals surface area contributed by atoms with Gasteiger partial charge >= 0.3 is 0 Å². The molecule has 5 heteroatoms. The molecule has 0 fully saturated rings. The van der Waals surface area contributed by atoms with Gasteiger partial charge in [-0.3, -0.25) is 0 Å². The van der Waals surface area contributed by atoms with Crippen LogP contribution in [0.25, 0.3) is 11.3 Å². The normalized spacial score (nSPS) is 15.6. The molecule has 0 radical (unpaired) electrons. The molecule has 0 amide bonds. The minimum atomic E-state index is -0.0972. The third-order valence-electron chi connectivity index (χ3n) is 4.69. The molecule has 24 heavy (non-hydrogen) atoms. The molecule has 0 spiro atoms. The number of fused-ring (bicyclic) bond motifs is 3. The van der Waals surface area contributed by atoms with Gasteiger partial charge < -0.3 is 15.9 Å². The van der Waals surface area contributed by atoms with Gasteiger partial charge in [-0.25, -0.2) is 9.97 Å². The van der Waals surface area contributed by atoms with E-state index in [1.54, 1.807) is 6.07 Å². The van der Waals surface area contributed by atoms with E-state index in [0.29, 0.717) is 25.1 Å². The maximum atomic E-state index is 10.1. The molecule has 4 N–H and O–H groups in total. The number of hydrogen-bond acceptors (Lipinski definition) is 5. The van der Waals surface area contributed by atoms with Crippen molar-refractivity contribution in [3.05, 3.63) is 52.9 Å². The Labute approximate surface area is 140 Å². The number of rotatable bonds is 2. The zero-order valence-electron chi connectivity index (χ0n) is 13.3. The van der Waals surface area contributed by atoms with Crippen LogP contribution in [0.5, 0.6) is 11.5 Å². The van der Waals surface area contributed by atoms with Crippen molar-refractivity contribution in [3.63, 3.8) is 0 Å². The Morgan fingerprint density at radius 1 is 1.08 bits per heavy atom. The predicted octanol–water partition coefficient (Wildman–Crippen LogP) is 3.05. The Kier molecular flexibility index (Phi) is 3.49.